The molecule has 154 valence electrons. The summed E-state index contributed by atoms with van der Waals surface area (Å²) in [6, 6.07) is 19.2. The van der Waals surface area contributed by atoms with E-state index in [1.54, 1.807) is 36.4 Å². The normalized spacial score (nSPS) is 10.6. The lowest BCUT2D eigenvalue weighted by Gasteiger charge is -2.12. The van der Waals surface area contributed by atoms with Crippen molar-refractivity contribution < 1.29 is 18.9 Å². The number of rotatable bonds is 5. The van der Waals surface area contributed by atoms with Crippen LogP contribution in [0.5, 0.6) is 5.75 Å². The number of para-hydroxylation sites is 1. The maximum atomic E-state index is 12.7. The van der Waals surface area contributed by atoms with E-state index in [-0.39, 0.29) is 11.3 Å². The quantitative estimate of drug-likeness (QED) is 0.288. The van der Waals surface area contributed by atoms with Gasteiger partial charge in [-0.05, 0) is 35.9 Å². The lowest BCUT2D eigenvalue weighted by atomic mass is 10.0. The van der Waals surface area contributed by atoms with Crippen molar-refractivity contribution >= 4 is 28.3 Å². The van der Waals surface area contributed by atoms with Crippen molar-refractivity contribution in [2.24, 2.45) is 0 Å². The van der Waals surface area contributed by atoms with Gasteiger partial charge in [-0.3, -0.25) is 14.9 Å². The molecule has 8 heteroatoms. The standard InChI is InChI=1S/C23H16N2O6/c1-30-21-10-9-14(18-12-15-5-2-3-8-20(15)31-23(18)27)13-19(21)24-22(26)16-6-4-7-17(11-16)25(28)29/h2-13H,1H3,(H,24,26). The van der Waals surface area contributed by atoms with E-state index in [2.05, 4.69) is 5.32 Å². The zero-order valence-corrected chi connectivity index (χ0v) is 16.3. The highest BCUT2D eigenvalue weighted by Crippen LogP contribution is 2.31. The predicted octanol–water partition coefficient (Wildman–Crippen LogP) is 4.63. The van der Waals surface area contributed by atoms with Gasteiger partial charge in [0.15, 0.2) is 0 Å². The highest BCUT2D eigenvalue weighted by atomic mass is 16.6. The van der Waals surface area contributed by atoms with Crippen LogP contribution in [0.2, 0.25) is 0 Å². The van der Waals surface area contributed by atoms with Crippen LogP contribution in [0.4, 0.5) is 11.4 Å². The molecule has 1 N–H and O–H groups in total. The second-order valence-electron chi connectivity index (χ2n) is 6.66. The maximum absolute atomic E-state index is 12.7. The molecule has 0 saturated heterocycles. The van der Waals surface area contributed by atoms with Crippen LogP contribution in [0.25, 0.3) is 22.1 Å². The smallest absolute Gasteiger partial charge is 0.344 e. The summed E-state index contributed by atoms with van der Waals surface area (Å²) in [4.78, 5) is 35.6. The van der Waals surface area contributed by atoms with Gasteiger partial charge in [-0.2, -0.15) is 0 Å². The summed E-state index contributed by atoms with van der Waals surface area (Å²) in [6.07, 6.45) is 0. The Labute approximate surface area is 175 Å². The highest BCUT2D eigenvalue weighted by molar-refractivity contribution is 6.05. The Morgan fingerprint density at radius 3 is 2.61 bits per heavy atom. The predicted molar refractivity (Wildman–Crippen MR) is 116 cm³/mol. The molecule has 1 aromatic heterocycles. The van der Waals surface area contributed by atoms with Crippen LogP contribution in [0.15, 0.2) is 82.0 Å². The van der Waals surface area contributed by atoms with Gasteiger partial charge in [-0.15, -0.1) is 0 Å². The Morgan fingerprint density at radius 1 is 1.03 bits per heavy atom. The van der Waals surface area contributed by atoms with Crippen LogP contribution in [-0.2, 0) is 0 Å². The SMILES string of the molecule is COc1ccc(-c2cc3ccccc3oc2=O)cc1NC(=O)c1cccc([N+](=O)[O-])c1. The first kappa shape index (κ1) is 19.8. The van der Waals surface area contributed by atoms with E-state index in [4.69, 9.17) is 9.15 Å². The van der Waals surface area contributed by atoms with Crippen molar-refractivity contribution in [3.8, 4) is 16.9 Å². The fourth-order valence-electron chi connectivity index (χ4n) is 3.19. The summed E-state index contributed by atoms with van der Waals surface area (Å²) in [7, 11) is 1.45. The van der Waals surface area contributed by atoms with Crippen LogP contribution in [-0.4, -0.2) is 17.9 Å². The number of carbonyl (C=O) groups is 1. The van der Waals surface area contributed by atoms with Gasteiger partial charge in [0.2, 0.25) is 0 Å². The molecule has 8 nitrogen and oxygen atoms in total. The average molecular weight is 416 g/mol. The third-order valence-electron chi connectivity index (χ3n) is 4.72. The van der Waals surface area contributed by atoms with Crippen molar-refractivity contribution in [2.45, 2.75) is 0 Å². The molecule has 0 aliphatic heterocycles. The Bertz CT molecular complexity index is 1380. The van der Waals surface area contributed by atoms with Gasteiger partial charge in [-0.25, -0.2) is 4.79 Å². The topological polar surface area (TPSA) is 112 Å². The minimum atomic E-state index is -0.572. The molecule has 0 aliphatic carbocycles. The lowest BCUT2D eigenvalue weighted by Crippen LogP contribution is -2.13. The first-order valence-corrected chi connectivity index (χ1v) is 9.23. The minimum Gasteiger partial charge on any atom is -0.495 e. The molecule has 4 rings (SSSR count). The third-order valence-corrected chi connectivity index (χ3v) is 4.72. The van der Waals surface area contributed by atoms with Crippen molar-refractivity contribution in [3.63, 3.8) is 0 Å². The molecule has 1 amide bonds. The summed E-state index contributed by atoms with van der Waals surface area (Å²) >= 11 is 0. The molecule has 0 aliphatic rings. The van der Waals surface area contributed by atoms with E-state index in [1.807, 2.05) is 12.1 Å². The van der Waals surface area contributed by atoms with Gasteiger partial charge in [0.05, 0.1) is 23.3 Å². The minimum absolute atomic E-state index is 0.117. The second-order valence-corrected chi connectivity index (χ2v) is 6.66. The fourth-order valence-corrected chi connectivity index (χ4v) is 3.19. The summed E-state index contributed by atoms with van der Waals surface area (Å²) in [5, 5.41) is 14.4. The first-order chi connectivity index (χ1) is 15.0. The van der Waals surface area contributed by atoms with E-state index in [1.165, 1.54) is 31.4 Å². The van der Waals surface area contributed by atoms with Gasteiger partial charge in [0.1, 0.15) is 11.3 Å². The highest BCUT2D eigenvalue weighted by Gasteiger charge is 2.16. The van der Waals surface area contributed by atoms with E-state index in [0.717, 1.165) is 5.39 Å². The number of benzene rings is 3. The number of ether oxygens (including phenoxy) is 1. The molecule has 0 unspecified atom stereocenters. The number of non-ortho nitro benzene ring substituents is 1. The fraction of sp³-hybridized carbons (Fsp3) is 0.0435. The van der Waals surface area contributed by atoms with Crippen molar-refractivity contribution in [1.82, 2.24) is 0 Å². The number of methoxy groups -OCH3 is 1. The number of nitro groups is 1. The summed E-state index contributed by atoms with van der Waals surface area (Å²) in [5.41, 5.74) is 1.05. The molecule has 3 aromatic carbocycles. The summed E-state index contributed by atoms with van der Waals surface area (Å²) in [6.45, 7) is 0. The number of nitrogens with one attached hydrogen (secondary N) is 1. The van der Waals surface area contributed by atoms with E-state index in [0.29, 0.717) is 28.1 Å². The van der Waals surface area contributed by atoms with Crippen LogP contribution < -0.4 is 15.7 Å². The molecule has 0 radical (unpaired) electrons. The Balaban J connectivity index is 1.73. The molecule has 0 fully saturated rings. The monoisotopic (exact) mass is 416 g/mol. The second kappa shape index (κ2) is 8.11. The zero-order valence-electron chi connectivity index (χ0n) is 16.3. The molecule has 4 aromatic rings. The number of nitrogens with zero attached hydrogens (tertiary/aromatic N) is 1. The molecule has 0 bridgehead atoms. The number of anilines is 1. The molecule has 0 saturated carbocycles. The number of nitro benzene ring substituents is 1. The molecular weight excluding hydrogens is 400 g/mol. The van der Waals surface area contributed by atoms with E-state index >= 15 is 0 Å². The van der Waals surface area contributed by atoms with E-state index < -0.39 is 16.5 Å². The number of amides is 1. The van der Waals surface area contributed by atoms with Crippen LogP contribution in [0.3, 0.4) is 0 Å². The molecule has 31 heavy (non-hydrogen) atoms. The zero-order chi connectivity index (χ0) is 22.0. The molecule has 0 atom stereocenters. The molecular formula is C23H16N2O6. The van der Waals surface area contributed by atoms with Crippen LogP contribution in [0.1, 0.15) is 10.4 Å². The van der Waals surface area contributed by atoms with Crippen LogP contribution >= 0.6 is 0 Å². The number of carbonyl (C=O) groups excluding carboxylic acids is 1. The van der Waals surface area contributed by atoms with Crippen molar-refractivity contribution in [2.75, 3.05) is 12.4 Å². The lowest BCUT2D eigenvalue weighted by molar-refractivity contribution is -0.384. The van der Waals surface area contributed by atoms with Gasteiger partial charge in [-0.1, -0.05) is 30.3 Å². The van der Waals surface area contributed by atoms with Gasteiger partial charge < -0.3 is 14.5 Å². The van der Waals surface area contributed by atoms with Crippen LogP contribution in [0, 0.1) is 10.1 Å². The number of hydrogen-bond donors (Lipinski definition) is 1. The Kier molecular flexibility index (Phi) is 5.19. The largest absolute Gasteiger partial charge is 0.495 e. The molecule has 1 heterocycles. The molecule has 0 spiro atoms. The van der Waals surface area contributed by atoms with Gasteiger partial charge >= 0.3 is 5.63 Å². The van der Waals surface area contributed by atoms with E-state index in [9.17, 15) is 19.7 Å². The number of fused-ring (bicyclic) bond motifs is 1. The Morgan fingerprint density at radius 2 is 1.84 bits per heavy atom. The Hall–Kier alpha value is -4.46. The summed E-state index contributed by atoms with van der Waals surface area (Å²) in [5.74, 6) is -0.183. The van der Waals surface area contributed by atoms with Crippen molar-refractivity contribution in [3.05, 3.63) is 98.9 Å². The number of hydrogen-bond acceptors (Lipinski definition) is 6. The first-order valence-electron chi connectivity index (χ1n) is 9.23. The van der Waals surface area contributed by atoms with Gasteiger partial charge in [0, 0.05) is 23.1 Å². The summed E-state index contributed by atoms with van der Waals surface area (Å²) < 4.78 is 10.7. The maximum Gasteiger partial charge on any atom is 0.344 e. The third kappa shape index (κ3) is 3.99. The van der Waals surface area contributed by atoms with Crippen molar-refractivity contribution in [1.29, 1.82) is 0 Å². The average Bonchev–Trinajstić information content (AvgIpc) is 2.78. The van der Waals surface area contributed by atoms with Gasteiger partial charge in [0.25, 0.3) is 11.6 Å².